The molecular formula is C16H26N2O2S. The van der Waals surface area contributed by atoms with E-state index in [1.807, 2.05) is 18.7 Å². The maximum absolute atomic E-state index is 12.8. The zero-order valence-electron chi connectivity index (χ0n) is 13.6. The smallest absolute Gasteiger partial charge is 0.241 e. The van der Waals surface area contributed by atoms with E-state index in [1.165, 1.54) is 0 Å². The number of hydrogen-bond donors (Lipinski definition) is 1. The van der Waals surface area contributed by atoms with Crippen LogP contribution < -0.4 is 5.32 Å². The SMILES string of the molecule is COC(C)(C)CN1C(=O)C(CC(C)C)NC1c1ccsc1. The van der Waals surface area contributed by atoms with Crippen LogP contribution >= 0.6 is 11.3 Å². The van der Waals surface area contributed by atoms with E-state index in [2.05, 4.69) is 36.0 Å². The van der Waals surface area contributed by atoms with E-state index in [1.54, 1.807) is 18.4 Å². The van der Waals surface area contributed by atoms with Gasteiger partial charge < -0.3 is 9.64 Å². The highest BCUT2D eigenvalue weighted by Gasteiger charge is 2.42. The molecule has 1 N–H and O–H groups in total. The summed E-state index contributed by atoms with van der Waals surface area (Å²) in [6.07, 6.45) is 0.825. The summed E-state index contributed by atoms with van der Waals surface area (Å²) >= 11 is 1.66. The molecule has 118 valence electrons. The third-order valence-corrected chi connectivity index (χ3v) is 4.62. The van der Waals surface area contributed by atoms with Crippen LogP contribution in [0.4, 0.5) is 0 Å². The first-order valence-electron chi connectivity index (χ1n) is 7.48. The zero-order chi connectivity index (χ0) is 15.6. The van der Waals surface area contributed by atoms with Crippen molar-refractivity contribution in [3.8, 4) is 0 Å². The third kappa shape index (κ3) is 3.84. The Morgan fingerprint density at radius 1 is 1.48 bits per heavy atom. The molecule has 0 radical (unpaired) electrons. The van der Waals surface area contributed by atoms with E-state index in [0.717, 1.165) is 12.0 Å². The van der Waals surface area contributed by atoms with Crippen LogP contribution in [0, 0.1) is 5.92 Å². The van der Waals surface area contributed by atoms with Gasteiger partial charge in [0.25, 0.3) is 0 Å². The molecule has 0 aliphatic carbocycles. The highest BCUT2D eigenvalue weighted by molar-refractivity contribution is 7.07. The van der Waals surface area contributed by atoms with Crippen molar-refractivity contribution in [1.29, 1.82) is 0 Å². The number of nitrogens with zero attached hydrogens (tertiary/aromatic N) is 1. The Kier molecular flexibility index (Phi) is 5.07. The van der Waals surface area contributed by atoms with Gasteiger partial charge in [-0.25, -0.2) is 0 Å². The summed E-state index contributed by atoms with van der Waals surface area (Å²) in [7, 11) is 1.69. The molecule has 2 atom stereocenters. The molecule has 2 heterocycles. The molecule has 1 fully saturated rings. The second kappa shape index (κ2) is 6.46. The van der Waals surface area contributed by atoms with E-state index < -0.39 is 0 Å². The highest BCUT2D eigenvalue weighted by atomic mass is 32.1. The molecule has 1 aliphatic heterocycles. The van der Waals surface area contributed by atoms with Crippen molar-refractivity contribution in [2.45, 2.75) is 51.9 Å². The molecule has 2 unspecified atom stereocenters. The number of rotatable bonds is 6. The minimum atomic E-state index is -0.349. The van der Waals surface area contributed by atoms with Crippen LogP contribution in [0.5, 0.6) is 0 Å². The molecule has 5 heteroatoms. The summed E-state index contributed by atoms with van der Waals surface area (Å²) in [5.41, 5.74) is 0.810. The molecule has 1 saturated heterocycles. The molecule has 0 spiro atoms. The highest BCUT2D eigenvalue weighted by Crippen LogP contribution is 2.30. The Hall–Kier alpha value is -0.910. The lowest BCUT2D eigenvalue weighted by molar-refractivity contribution is -0.134. The fraction of sp³-hybridized carbons (Fsp3) is 0.688. The maximum Gasteiger partial charge on any atom is 0.241 e. The molecular weight excluding hydrogens is 284 g/mol. The van der Waals surface area contributed by atoms with Crippen LogP contribution in [0.2, 0.25) is 0 Å². The summed E-state index contributed by atoms with van der Waals surface area (Å²) in [6.45, 7) is 8.92. The average molecular weight is 310 g/mol. The fourth-order valence-corrected chi connectivity index (χ4v) is 3.35. The maximum atomic E-state index is 12.8. The van der Waals surface area contributed by atoms with Gasteiger partial charge in [-0.1, -0.05) is 13.8 Å². The van der Waals surface area contributed by atoms with Crippen molar-refractivity contribution >= 4 is 17.2 Å². The lowest BCUT2D eigenvalue weighted by Gasteiger charge is -2.32. The average Bonchev–Trinajstić information content (AvgIpc) is 3.01. The molecule has 0 bridgehead atoms. The number of carbonyl (C=O) groups is 1. The van der Waals surface area contributed by atoms with Crippen LogP contribution in [0.25, 0.3) is 0 Å². The topological polar surface area (TPSA) is 41.6 Å². The summed E-state index contributed by atoms with van der Waals surface area (Å²) in [5, 5.41) is 7.66. The summed E-state index contributed by atoms with van der Waals surface area (Å²) in [5.74, 6) is 0.676. The molecule has 21 heavy (non-hydrogen) atoms. The van der Waals surface area contributed by atoms with E-state index in [4.69, 9.17) is 4.74 Å². The molecule has 1 aromatic heterocycles. The second-order valence-electron chi connectivity index (χ2n) is 6.74. The number of amides is 1. The van der Waals surface area contributed by atoms with Crippen LogP contribution in [0.15, 0.2) is 16.8 Å². The van der Waals surface area contributed by atoms with Crippen molar-refractivity contribution < 1.29 is 9.53 Å². The number of ether oxygens (including phenoxy) is 1. The van der Waals surface area contributed by atoms with E-state index in [0.29, 0.717) is 12.5 Å². The lowest BCUT2D eigenvalue weighted by Crippen LogP contribution is -2.43. The van der Waals surface area contributed by atoms with Gasteiger partial charge in [-0.05, 0) is 48.6 Å². The summed E-state index contributed by atoms with van der Waals surface area (Å²) < 4.78 is 5.51. The van der Waals surface area contributed by atoms with Gasteiger partial charge in [-0.2, -0.15) is 11.3 Å². The van der Waals surface area contributed by atoms with E-state index in [9.17, 15) is 4.79 Å². The fourth-order valence-electron chi connectivity index (χ4n) is 2.67. The molecule has 0 aromatic carbocycles. The lowest BCUT2D eigenvalue weighted by atomic mass is 10.0. The van der Waals surface area contributed by atoms with Crippen molar-refractivity contribution in [1.82, 2.24) is 10.2 Å². The van der Waals surface area contributed by atoms with Crippen molar-refractivity contribution in [2.75, 3.05) is 13.7 Å². The Morgan fingerprint density at radius 3 is 2.71 bits per heavy atom. The van der Waals surface area contributed by atoms with Crippen molar-refractivity contribution in [3.63, 3.8) is 0 Å². The predicted molar refractivity (Wildman–Crippen MR) is 86.2 cm³/mol. The Balaban J connectivity index is 2.22. The van der Waals surface area contributed by atoms with Crippen molar-refractivity contribution in [2.24, 2.45) is 5.92 Å². The number of nitrogens with one attached hydrogen (secondary N) is 1. The molecule has 1 aromatic rings. The first-order valence-corrected chi connectivity index (χ1v) is 8.42. The Morgan fingerprint density at radius 2 is 2.19 bits per heavy atom. The van der Waals surface area contributed by atoms with Gasteiger partial charge in [0.2, 0.25) is 5.91 Å². The molecule has 1 aliphatic rings. The largest absolute Gasteiger partial charge is 0.377 e. The van der Waals surface area contributed by atoms with Gasteiger partial charge in [0.1, 0.15) is 6.17 Å². The Bertz CT molecular complexity index is 471. The van der Waals surface area contributed by atoms with Gasteiger partial charge >= 0.3 is 0 Å². The number of thiophene rings is 1. The van der Waals surface area contributed by atoms with Gasteiger partial charge in [0.15, 0.2) is 0 Å². The van der Waals surface area contributed by atoms with Gasteiger partial charge in [0, 0.05) is 7.11 Å². The Labute approximate surface area is 131 Å². The normalized spacial score (nSPS) is 23.3. The minimum Gasteiger partial charge on any atom is -0.377 e. The monoisotopic (exact) mass is 310 g/mol. The van der Waals surface area contributed by atoms with Crippen LogP contribution in [0.3, 0.4) is 0 Å². The summed E-state index contributed by atoms with van der Waals surface area (Å²) in [6, 6.07) is 1.99. The molecule has 0 saturated carbocycles. The van der Waals surface area contributed by atoms with Gasteiger partial charge in [0.05, 0.1) is 18.2 Å². The number of carbonyl (C=O) groups excluding carboxylic acids is 1. The van der Waals surface area contributed by atoms with Gasteiger partial charge in [-0.3, -0.25) is 10.1 Å². The van der Waals surface area contributed by atoms with E-state index >= 15 is 0 Å². The standard InChI is InChI=1S/C16H26N2O2S/c1-11(2)8-13-15(19)18(10-16(3,4)20-5)14(17-13)12-6-7-21-9-12/h6-7,9,11,13-14,17H,8,10H2,1-5H3. The number of methoxy groups -OCH3 is 1. The molecule has 2 rings (SSSR count). The molecule has 4 nitrogen and oxygen atoms in total. The van der Waals surface area contributed by atoms with E-state index in [-0.39, 0.29) is 23.7 Å². The van der Waals surface area contributed by atoms with Crippen LogP contribution in [0.1, 0.15) is 45.8 Å². The predicted octanol–water partition coefficient (Wildman–Crippen LogP) is 3.02. The van der Waals surface area contributed by atoms with Crippen LogP contribution in [-0.4, -0.2) is 36.1 Å². The quantitative estimate of drug-likeness (QED) is 0.878. The van der Waals surface area contributed by atoms with Gasteiger partial charge in [-0.15, -0.1) is 0 Å². The first-order chi connectivity index (χ1) is 9.84. The van der Waals surface area contributed by atoms with Crippen LogP contribution in [-0.2, 0) is 9.53 Å². The second-order valence-corrected chi connectivity index (χ2v) is 7.52. The minimum absolute atomic E-state index is 0.0399. The third-order valence-electron chi connectivity index (χ3n) is 3.92. The first kappa shape index (κ1) is 16.5. The molecule has 1 amide bonds. The number of hydrogen-bond acceptors (Lipinski definition) is 4. The summed E-state index contributed by atoms with van der Waals surface area (Å²) in [4.78, 5) is 14.7. The van der Waals surface area contributed by atoms with Crippen molar-refractivity contribution in [3.05, 3.63) is 22.4 Å². The zero-order valence-corrected chi connectivity index (χ0v) is 14.4.